The highest BCUT2D eigenvalue weighted by Gasteiger charge is 2.01. The van der Waals surface area contributed by atoms with Crippen molar-refractivity contribution in [3.8, 4) is 0 Å². The third-order valence-corrected chi connectivity index (χ3v) is 2.43. The van der Waals surface area contributed by atoms with Crippen molar-refractivity contribution < 1.29 is 0 Å². The summed E-state index contributed by atoms with van der Waals surface area (Å²) in [6, 6.07) is 6.21. The predicted octanol–water partition coefficient (Wildman–Crippen LogP) is 2.29. The summed E-state index contributed by atoms with van der Waals surface area (Å²) in [6.07, 6.45) is 0. The normalized spacial score (nSPS) is 10.1. The van der Waals surface area contributed by atoms with Crippen molar-refractivity contribution in [3.05, 3.63) is 29.3 Å². The van der Waals surface area contributed by atoms with Gasteiger partial charge in [0.15, 0.2) is 0 Å². The Morgan fingerprint density at radius 3 is 2.79 bits per heavy atom. The van der Waals surface area contributed by atoms with Gasteiger partial charge < -0.3 is 5.32 Å². The van der Waals surface area contributed by atoms with E-state index in [2.05, 4.69) is 46.1 Å². The Hall–Kier alpha value is -1.49. The third-order valence-electron chi connectivity index (χ3n) is 1.92. The Labute approximate surface area is 86.1 Å². The van der Waals surface area contributed by atoms with Crippen LogP contribution in [-0.2, 0) is 0 Å². The number of hydrogen-bond donors (Lipinski definition) is 1. The summed E-state index contributed by atoms with van der Waals surface area (Å²) < 4.78 is 3.68. The summed E-state index contributed by atoms with van der Waals surface area (Å²) in [7, 11) is 0. The minimum atomic E-state index is 0.719. The summed E-state index contributed by atoms with van der Waals surface area (Å²) in [5.41, 5.74) is 3.50. The van der Waals surface area contributed by atoms with Crippen molar-refractivity contribution in [1.29, 1.82) is 0 Å². The molecule has 0 aliphatic heterocycles. The average molecular weight is 206 g/mol. The van der Waals surface area contributed by atoms with Crippen molar-refractivity contribution in [1.82, 2.24) is 14.8 Å². The molecule has 4 nitrogen and oxygen atoms in total. The lowest BCUT2D eigenvalue weighted by atomic mass is 10.1. The van der Waals surface area contributed by atoms with Gasteiger partial charge in [-0.2, -0.15) is 0 Å². The lowest BCUT2D eigenvalue weighted by Gasteiger charge is -2.05. The smallest absolute Gasteiger partial charge is 0.229 e. The van der Waals surface area contributed by atoms with Gasteiger partial charge in [-0.25, -0.2) is 0 Å². The van der Waals surface area contributed by atoms with Gasteiger partial charge in [0.1, 0.15) is 0 Å². The van der Waals surface area contributed by atoms with Gasteiger partial charge in [-0.05, 0) is 30.7 Å². The highest BCUT2D eigenvalue weighted by atomic mass is 32.1. The molecule has 1 N–H and O–H groups in total. The molecular weight excluding hydrogens is 196 g/mol. The van der Waals surface area contributed by atoms with Gasteiger partial charge in [0.25, 0.3) is 0 Å². The zero-order chi connectivity index (χ0) is 9.97. The number of nitrogens with one attached hydrogen (secondary N) is 1. The Bertz CT molecular complexity index is 424. The van der Waals surface area contributed by atoms with Gasteiger partial charge >= 0.3 is 0 Å². The number of aromatic nitrogens is 3. The zero-order valence-corrected chi connectivity index (χ0v) is 8.80. The molecule has 1 aromatic carbocycles. The molecule has 0 aliphatic carbocycles. The monoisotopic (exact) mass is 206 g/mol. The highest BCUT2D eigenvalue weighted by Crippen LogP contribution is 2.20. The Kier molecular flexibility index (Phi) is 2.41. The molecular formula is C9H10N4S. The Morgan fingerprint density at radius 1 is 1.29 bits per heavy atom. The fourth-order valence-electron chi connectivity index (χ4n) is 1.25. The van der Waals surface area contributed by atoms with Gasteiger partial charge in [0.2, 0.25) is 5.13 Å². The van der Waals surface area contributed by atoms with Gasteiger partial charge in [-0.3, -0.25) is 0 Å². The van der Waals surface area contributed by atoms with E-state index in [1.54, 1.807) is 0 Å². The van der Waals surface area contributed by atoms with E-state index in [4.69, 9.17) is 0 Å². The molecule has 2 aromatic rings. The van der Waals surface area contributed by atoms with Crippen LogP contribution in [0.25, 0.3) is 0 Å². The average Bonchev–Trinajstić information content (AvgIpc) is 2.62. The van der Waals surface area contributed by atoms with E-state index < -0.39 is 0 Å². The van der Waals surface area contributed by atoms with E-state index in [0.717, 1.165) is 10.8 Å². The largest absolute Gasteiger partial charge is 0.329 e. The molecule has 14 heavy (non-hydrogen) atoms. The molecule has 0 spiro atoms. The number of aryl methyl sites for hydroxylation is 2. The predicted molar refractivity (Wildman–Crippen MR) is 56.9 cm³/mol. The second-order valence-corrected chi connectivity index (χ2v) is 3.84. The van der Waals surface area contributed by atoms with Crippen molar-refractivity contribution >= 4 is 22.4 Å². The molecule has 1 heterocycles. The topological polar surface area (TPSA) is 50.7 Å². The standard InChI is InChI=1S/C9H10N4S/c1-6-3-4-8(7(2)5-6)10-9-11-12-13-14-9/h3-5H,1-2H3,(H,10,11,13). The molecule has 0 saturated heterocycles. The maximum atomic E-state index is 3.82. The number of anilines is 2. The molecule has 0 aliphatic rings. The van der Waals surface area contributed by atoms with E-state index in [1.807, 2.05) is 6.07 Å². The van der Waals surface area contributed by atoms with Crippen LogP contribution >= 0.6 is 11.5 Å². The first-order chi connectivity index (χ1) is 6.75. The van der Waals surface area contributed by atoms with Crippen LogP contribution in [0.15, 0.2) is 18.2 Å². The van der Waals surface area contributed by atoms with E-state index in [-0.39, 0.29) is 0 Å². The van der Waals surface area contributed by atoms with Crippen LogP contribution in [0.4, 0.5) is 10.8 Å². The van der Waals surface area contributed by atoms with E-state index >= 15 is 0 Å². The molecule has 0 atom stereocenters. The molecule has 0 radical (unpaired) electrons. The van der Waals surface area contributed by atoms with Crippen LogP contribution in [0.2, 0.25) is 0 Å². The summed E-state index contributed by atoms with van der Waals surface area (Å²) in [5, 5.41) is 11.2. The zero-order valence-electron chi connectivity index (χ0n) is 7.98. The second kappa shape index (κ2) is 3.71. The van der Waals surface area contributed by atoms with Gasteiger partial charge in [-0.1, -0.05) is 27.3 Å². The van der Waals surface area contributed by atoms with Crippen molar-refractivity contribution in [2.45, 2.75) is 13.8 Å². The summed E-state index contributed by atoms with van der Waals surface area (Å²) in [4.78, 5) is 0. The van der Waals surface area contributed by atoms with Crippen molar-refractivity contribution in [3.63, 3.8) is 0 Å². The van der Waals surface area contributed by atoms with E-state index in [9.17, 15) is 0 Å². The summed E-state index contributed by atoms with van der Waals surface area (Å²) >= 11 is 1.25. The fourth-order valence-corrected chi connectivity index (χ4v) is 1.63. The van der Waals surface area contributed by atoms with Crippen LogP contribution in [0, 0.1) is 13.8 Å². The van der Waals surface area contributed by atoms with Gasteiger partial charge in [0, 0.05) is 17.2 Å². The molecule has 72 valence electrons. The quantitative estimate of drug-likeness (QED) is 0.819. The fraction of sp³-hybridized carbons (Fsp3) is 0.222. The van der Waals surface area contributed by atoms with Crippen molar-refractivity contribution in [2.24, 2.45) is 0 Å². The van der Waals surface area contributed by atoms with Gasteiger partial charge in [-0.15, -0.1) is 0 Å². The van der Waals surface area contributed by atoms with Crippen LogP contribution in [0.3, 0.4) is 0 Å². The van der Waals surface area contributed by atoms with Crippen LogP contribution in [0.1, 0.15) is 11.1 Å². The number of hydrogen-bond acceptors (Lipinski definition) is 5. The molecule has 0 fully saturated rings. The maximum Gasteiger partial charge on any atom is 0.229 e. The van der Waals surface area contributed by atoms with Crippen molar-refractivity contribution in [2.75, 3.05) is 5.32 Å². The van der Waals surface area contributed by atoms with Crippen LogP contribution in [-0.4, -0.2) is 14.8 Å². The summed E-state index contributed by atoms with van der Waals surface area (Å²) in [5.74, 6) is 0. The third kappa shape index (κ3) is 1.88. The van der Waals surface area contributed by atoms with Crippen LogP contribution < -0.4 is 5.32 Å². The lowest BCUT2D eigenvalue weighted by Crippen LogP contribution is -1.92. The second-order valence-electron chi connectivity index (χ2n) is 3.11. The molecule has 1 aromatic heterocycles. The number of benzene rings is 1. The first kappa shape index (κ1) is 9.08. The number of nitrogens with zero attached hydrogens (tertiary/aromatic N) is 3. The Morgan fingerprint density at radius 2 is 2.14 bits per heavy atom. The molecule has 2 rings (SSSR count). The van der Waals surface area contributed by atoms with E-state index in [0.29, 0.717) is 0 Å². The molecule has 0 amide bonds. The molecule has 0 unspecified atom stereocenters. The van der Waals surface area contributed by atoms with Gasteiger partial charge in [0.05, 0.1) is 0 Å². The summed E-state index contributed by atoms with van der Waals surface area (Å²) in [6.45, 7) is 4.13. The Balaban J connectivity index is 2.25. The minimum Gasteiger partial charge on any atom is -0.329 e. The van der Waals surface area contributed by atoms with Crippen LogP contribution in [0.5, 0.6) is 0 Å². The first-order valence-electron chi connectivity index (χ1n) is 4.25. The molecule has 5 heteroatoms. The minimum absolute atomic E-state index is 0.719. The molecule has 0 saturated carbocycles. The first-order valence-corrected chi connectivity index (χ1v) is 5.02. The SMILES string of the molecule is Cc1ccc(Nc2nnns2)c(C)c1. The van der Waals surface area contributed by atoms with E-state index in [1.165, 1.54) is 22.7 Å². The highest BCUT2D eigenvalue weighted by molar-refractivity contribution is 7.09. The molecule has 0 bridgehead atoms. The maximum absolute atomic E-state index is 3.82. The number of rotatable bonds is 2. The lowest BCUT2D eigenvalue weighted by molar-refractivity contribution is 0.961.